The molecule has 2 amide bonds. The van der Waals surface area contributed by atoms with Crippen molar-refractivity contribution in [1.82, 2.24) is 10.2 Å². The second-order valence-electron chi connectivity index (χ2n) is 7.40. The lowest BCUT2D eigenvalue weighted by atomic mass is 10.2. The number of hydrogen-bond donors (Lipinski definition) is 2. The summed E-state index contributed by atoms with van der Waals surface area (Å²) in [4.78, 5) is 28.8. The average molecular weight is 445 g/mol. The van der Waals surface area contributed by atoms with E-state index >= 15 is 0 Å². The topological polar surface area (TPSA) is 73.9 Å². The van der Waals surface area contributed by atoms with Crippen molar-refractivity contribution in [3.05, 3.63) is 59.1 Å². The number of nitrogens with zero attached hydrogens (tertiary/aromatic N) is 2. The highest BCUT2D eigenvalue weighted by Gasteiger charge is 2.14. The molecule has 1 fully saturated rings. The number of carbonyl (C=O) groups is 2. The molecule has 0 unspecified atom stereocenters. The normalized spacial score (nSPS) is 13.8. The summed E-state index contributed by atoms with van der Waals surface area (Å²) >= 11 is 5.87. The second-order valence-corrected chi connectivity index (χ2v) is 7.84. The Balaban J connectivity index is 1.43. The maximum atomic E-state index is 12.4. The van der Waals surface area contributed by atoms with E-state index in [1.807, 2.05) is 43.3 Å². The minimum Gasteiger partial charge on any atom is -0.378 e. The summed E-state index contributed by atoms with van der Waals surface area (Å²) in [5.41, 5.74) is 2.83. The summed E-state index contributed by atoms with van der Waals surface area (Å²) in [6, 6.07) is 15.1. The third-order valence-electron chi connectivity index (χ3n) is 5.11. The average Bonchev–Trinajstić information content (AvgIpc) is 2.79. The van der Waals surface area contributed by atoms with Crippen molar-refractivity contribution < 1.29 is 14.3 Å². The monoisotopic (exact) mass is 444 g/mol. The highest BCUT2D eigenvalue weighted by molar-refractivity contribution is 6.30. The fraction of sp³-hybridized carbons (Fsp3) is 0.391. The largest absolute Gasteiger partial charge is 0.378 e. The molecule has 166 valence electrons. The van der Waals surface area contributed by atoms with Crippen molar-refractivity contribution >= 4 is 34.8 Å². The summed E-state index contributed by atoms with van der Waals surface area (Å²) in [5.74, 6) is -0.272. The summed E-state index contributed by atoms with van der Waals surface area (Å²) in [5, 5.41) is 6.44. The number of hydrogen-bond acceptors (Lipinski definition) is 5. The Hall–Kier alpha value is -2.61. The van der Waals surface area contributed by atoms with E-state index < -0.39 is 0 Å². The fourth-order valence-corrected chi connectivity index (χ4v) is 3.45. The van der Waals surface area contributed by atoms with Gasteiger partial charge in [-0.3, -0.25) is 14.5 Å². The number of anilines is 2. The zero-order valence-corrected chi connectivity index (χ0v) is 18.5. The van der Waals surface area contributed by atoms with Gasteiger partial charge in [0.15, 0.2) is 0 Å². The predicted octanol–water partition coefficient (Wildman–Crippen LogP) is 2.75. The summed E-state index contributed by atoms with van der Waals surface area (Å²) in [6.45, 7) is 6.47. The van der Waals surface area contributed by atoms with Crippen LogP contribution in [0, 0.1) is 0 Å². The van der Waals surface area contributed by atoms with Crippen LogP contribution in [0.1, 0.15) is 12.5 Å². The Bertz CT molecular complexity index is 852. The van der Waals surface area contributed by atoms with Crippen molar-refractivity contribution in [3.8, 4) is 0 Å². The van der Waals surface area contributed by atoms with Gasteiger partial charge in [0.25, 0.3) is 0 Å². The lowest BCUT2D eigenvalue weighted by Gasteiger charge is -2.29. The van der Waals surface area contributed by atoms with Gasteiger partial charge in [0.1, 0.15) is 0 Å². The van der Waals surface area contributed by atoms with Crippen LogP contribution in [0.4, 0.5) is 11.4 Å². The Labute approximate surface area is 188 Å². The lowest BCUT2D eigenvalue weighted by molar-refractivity contribution is -0.123. The first-order chi connectivity index (χ1) is 15.0. The van der Waals surface area contributed by atoms with Crippen molar-refractivity contribution in [3.63, 3.8) is 0 Å². The number of benzene rings is 2. The number of halogens is 1. The number of carbonyl (C=O) groups excluding carboxylic acids is 2. The maximum absolute atomic E-state index is 12.4. The number of morpholine rings is 1. The van der Waals surface area contributed by atoms with Crippen LogP contribution >= 0.6 is 11.6 Å². The molecule has 0 atom stereocenters. The van der Waals surface area contributed by atoms with Crippen molar-refractivity contribution in [2.75, 3.05) is 56.2 Å². The van der Waals surface area contributed by atoms with Crippen LogP contribution in [0.3, 0.4) is 0 Å². The Kier molecular flexibility index (Phi) is 8.70. The van der Waals surface area contributed by atoms with E-state index in [1.54, 1.807) is 17.0 Å². The van der Waals surface area contributed by atoms with E-state index in [4.69, 9.17) is 16.3 Å². The van der Waals surface area contributed by atoms with Gasteiger partial charge >= 0.3 is 0 Å². The van der Waals surface area contributed by atoms with E-state index in [1.165, 1.54) is 0 Å². The Morgan fingerprint density at radius 2 is 1.65 bits per heavy atom. The summed E-state index contributed by atoms with van der Waals surface area (Å²) in [6.07, 6.45) is 0. The molecule has 31 heavy (non-hydrogen) atoms. The molecule has 2 aromatic rings. The smallest absolute Gasteiger partial charge is 0.238 e. The molecule has 1 saturated heterocycles. The lowest BCUT2D eigenvalue weighted by Crippen LogP contribution is -2.40. The Morgan fingerprint density at radius 1 is 1.00 bits per heavy atom. The third-order valence-corrected chi connectivity index (χ3v) is 5.36. The molecule has 1 aliphatic rings. The number of nitrogens with one attached hydrogen (secondary N) is 2. The van der Waals surface area contributed by atoms with Gasteiger partial charge in [-0.2, -0.15) is 0 Å². The van der Waals surface area contributed by atoms with Gasteiger partial charge in [0.2, 0.25) is 11.8 Å². The number of rotatable bonds is 9. The first-order valence-corrected chi connectivity index (χ1v) is 10.9. The molecule has 3 rings (SSSR count). The van der Waals surface area contributed by atoms with Gasteiger partial charge in [-0.1, -0.05) is 30.7 Å². The highest BCUT2D eigenvalue weighted by atomic mass is 35.5. The van der Waals surface area contributed by atoms with Gasteiger partial charge < -0.3 is 20.3 Å². The number of ether oxygens (including phenoxy) is 1. The summed E-state index contributed by atoms with van der Waals surface area (Å²) < 4.78 is 5.38. The zero-order chi connectivity index (χ0) is 22.1. The SMILES string of the molecule is CCN(CC(=O)NCc1ccc(Cl)cc1)CC(=O)Nc1ccc(N2CCOCC2)cc1. The van der Waals surface area contributed by atoms with Crippen LogP contribution in [0.5, 0.6) is 0 Å². The quantitative estimate of drug-likeness (QED) is 0.622. The predicted molar refractivity (Wildman–Crippen MR) is 124 cm³/mol. The molecular weight excluding hydrogens is 416 g/mol. The minimum absolute atomic E-state index is 0.125. The Morgan fingerprint density at radius 3 is 2.29 bits per heavy atom. The van der Waals surface area contributed by atoms with Crippen molar-refractivity contribution in [1.29, 1.82) is 0 Å². The van der Waals surface area contributed by atoms with Crippen LogP contribution in [0.15, 0.2) is 48.5 Å². The van der Waals surface area contributed by atoms with Gasteiger partial charge in [0.05, 0.1) is 26.3 Å². The van der Waals surface area contributed by atoms with Gasteiger partial charge in [-0.05, 0) is 48.5 Å². The van der Waals surface area contributed by atoms with E-state index in [0.717, 1.165) is 43.2 Å². The van der Waals surface area contributed by atoms with Crippen LogP contribution in [-0.4, -0.2) is 62.7 Å². The van der Waals surface area contributed by atoms with Crippen LogP contribution in [0.2, 0.25) is 5.02 Å². The van der Waals surface area contributed by atoms with E-state index in [-0.39, 0.29) is 24.9 Å². The molecule has 0 aliphatic carbocycles. The number of amides is 2. The van der Waals surface area contributed by atoms with Gasteiger partial charge in [-0.25, -0.2) is 0 Å². The standard InChI is InChI=1S/C23H29ClN4O3/c1-2-27(16-22(29)25-15-18-3-5-19(24)6-4-18)17-23(30)26-20-7-9-21(10-8-20)28-11-13-31-14-12-28/h3-10H,2,11-17H2,1H3,(H,25,29)(H,26,30). The molecule has 2 N–H and O–H groups in total. The molecule has 8 heteroatoms. The van der Waals surface area contributed by atoms with E-state index in [0.29, 0.717) is 18.1 Å². The molecule has 2 aromatic carbocycles. The molecule has 0 radical (unpaired) electrons. The molecule has 1 aliphatic heterocycles. The molecule has 0 bridgehead atoms. The van der Waals surface area contributed by atoms with Crippen molar-refractivity contribution in [2.24, 2.45) is 0 Å². The van der Waals surface area contributed by atoms with Gasteiger partial charge in [-0.15, -0.1) is 0 Å². The molecule has 7 nitrogen and oxygen atoms in total. The number of likely N-dealkylation sites (N-methyl/N-ethyl adjacent to an activating group) is 1. The van der Waals surface area contributed by atoms with Crippen LogP contribution in [-0.2, 0) is 20.9 Å². The van der Waals surface area contributed by atoms with Crippen LogP contribution in [0.25, 0.3) is 0 Å². The second kappa shape index (κ2) is 11.7. The molecule has 0 aromatic heterocycles. The van der Waals surface area contributed by atoms with E-state index in [2.05, 4.69) is 15.5 Å². The fourth-order valence-electron chi connectivity index (χ4n) is 3.32. The first kappa shape index (κ1) is 23.1. The van der Waals surface area contributed by atoms with Crippen molar-refractivity contribution in [2.45, 2.75) is 13.5 Å². The van der Waals surface area contributed by atoms with Gasteiger partial charge in [0, 0.05) is 36.0 Å². The van der Waals surface area contributed by atoms with Crippen LogP contribution < -0.4 is 15.5 Å². The zero-order valence-electron chi connectivity index (χ0n) is 17.8. The maximum Gasteiger partial charge on any atom is 0.238 e. The molecular formula is C23H29ClN4O3. The molecule has 0 spiro atoms. The van der Waals surface area contributed by atoms with E-state index in [9.17, 15) is 9.59 Å². The summed E-state index contributed by atoms with van der Waals surface area (Å²) in [7, 11) is 0. The molecule has 1 heterocycles. The first-order valence-electron chi connectivity index (χ1n) is 10.5. The third kappa shape index (κ3) is 7.54. The minimum atomic E-state index is -0.147. The molecule has 0 saturated carbocycles. The highest BCUT2D eigenvalue weighted by Crippen LogP contribution is 2.19.